The van der Waals surface area contributed by atoms with E-state index in [-0.39, 0.29) is 11.6 Å². The topological polar surface area (TPSA) is 75.5 Å². The van der Waals surface area contributed by atoms with E-state index in [4.69, 9.17) is 0 Å². The lowest BCUT2D eigenvalue weighted by Gasteiger charge is -2.30. The van der Waals surface area contributed by atoms with Crippen LogP contribution >= 0.6 is 0 Å². The van der Waals surface area contributed by atoms with Crippen LogP contribution in [0.3, 0.4) is 0 Å². The summed E-state index contributed by atoms with van der Waals surface area (Å²) in [5.74, 6) is 0.275. The van der Waals surface area contributed by atoms with Gasteiger partial charge in [-0.1, -0.05) is 13.8 Å². The first kappa shape index (κ1) is 17.2. The number of hydrogen-bond acceptors (Lipinski definition) is 4. The third kappa shape index (κ3) is 4.68. The van der Waals surface area contributed by atoms with E-state index < -0.39 is 4.92 Å². The third-order valence-corrected chi connectivity index (χ3v) is 4.14. The minimum absolute atomic E-state index is 0.0419. The fourth-order valence-corrected chi connectivity index (χ4v) is 2.80. The molecule has 0 spiro atoms. The molecule has 6 heteroatoms. The number of nitrogens with one attached hydrogen (secondary N) is 1. The van der Waals surface area contributed by atoms with E-state index >= 15 is 0 Å². The molecule has 0 radical (unpaired) electrons. The van der Waals surface area contributed by atoms with Crippen molar-refractivity contribution in [1.29, 1.82) is 0 Å². The Labute approximate surface area is 137 Å². The molecule has 0 bridgehead atoms. The number of anilines is 1. The summed E-state index contributed by atoms with van der Waals surface area (Å²) in [6, 6.07) is 4.59. The predicted molar refractivity (Wildman–Crippen MR) is 90.9 cm³/mol. The van der Waals surface area contributed by atoms with Crippen LogP contribution in [0.1, 0.15) is 49.9 Å². The standard InChI is InChI=1S/C17H25N3O3/c1-13(2)8-9-18-17(21)15-12-14(20(22)23)6-7-16(15)19-10-4-3-5-11-19/h6-7,12-13H,3-5,8-11H2,1-2H3,(H,18,21). The number of hydrogen-bond donors (Lipinski definition) is 1. The smallest absolute Gasteiger partial charge is 0.270 e. The van der Waals surface area contributed by atoms with Crippen molar-refractivity contribution in [2.75, 3.05) is 24.5 Å². The molecule has 0 atom stereocenters. The van der Waals surface area contributed by atoms with E-state index in [9.17, 15) is 14.9 Å². The predicted octanol–water partition coefficient (Wildman–Crippen LogP) is 3.36. The van der Waals surface area contributed by atoms with Crippen LogP contribution in [0.25, 0.3) is 0 Å². The van der Waals surface area contributed by atoms with Gasteiger partial charge in [0.1, 0.15) is 0 Å². The highest BCUT2D eigenvalue weighted by molar-refractivity contribution is 6.00. The number of carbonyl (C=O) groups excluding carboxylic acids is 1. The molecule has 0 aromatic heterocycles. The summed E-state index contributed by atoms with van der Waals surface area (Å²) in [6.45, 7) is 6.56. The normalized spacial score (nSPS) is 14.8. The zero-order valence-corrected chi connectivity index (χ0v) is 13.9. The summed E-state index contributed by atoms with van der Waals surface area (Å²) in [7, 11) is 0. The van der Waals surface area contributed by atoms with Crippen LogP contribution in [0, 0.1) is 16.0 Å². The number of amides is 1. The lowest BCUT2D eigenvalue weighted by molar-refractivity contribution is -0.384. The van der Waals surface area contributed by atoms with Gasteiger partial charge in [0.05, 0.1) is 16.2 Å². The SMILES string of the molecule is CC(C)CCNC(=O)c1cc([N+](=O)[O-])ccc1N1CCCCC1. The lowest BCUT2D eigenvalue weighted by atomic mass is 10.1. The van der Waals surface area contributed by atoms with E-state index in [1.54, 1.807) is 6.07 Å². The van der Waals surface area contributed by atoms with Gasteiger partial charge in [-0.05, 0) is 37.7 Å². The van der Waals surface area contributed by atoms with Crippen molar-refractivity contribution in [3.05, 3.63) is 33.9 Å². The van der Waals surface area contributed by atoms with Crippen LogP contribution < -0.4 is 10.2 Å². The molecule has 0 aliphatic carbocycles. The Morgan fingerprint density at radius 1 is 1.30 bits per heavy atom. The van der Waals surface area contributed by atoms with E-state index in [0.29, 0.717) is 18.0 Å². The first-order valence-electron chi connectivity index (χ1n) is 8.30. The van der Waals surface area contributed by atoms with Crippen LogP contribution in [0.4, 0.5) is 11.4 Å². The van der Waals surface area contributed by atoms with Crippen molar-refractivity contribution in [1.82, 2.24) is 5.32 Å². The van der Waals surface area contributed by atoms with Gasteiger partial charge in [-0.25, -0.2) is 0 Å². The van der Waals surface area contributed by atoms with Gasteiger partial charge in [-0.15, -0.1) is 0 Å². The van der Waals surface area contributed by atoms with Gasteiger partial charge in [0.2, 0.25) is 0 Å². The van der Waals surface area contributed by atoms with Gasteiger partial charge < -0.3 is 10.2 Å². The minimum atomic E-state index is -0.453. The van der Waals surface area contributed by atoms with Crippen molar-refractivity contribution in [2.24, 2.45) is 5.92 Å². The number of rotatable bonds is 6. The number of benzene rings is 1. The van der Waals surface area contributed by atoms with Gasteiger partial charge in [0.15, 0.2) is 0 Å². The van der Waals surface area contributed by atoms with Crippen molar-refractivity contribution in [2.45, 2.75) is 39.5 Å². The number of piperidine rings is 1. The summed E-state index contributed by atoms with van der Waals surface area (Å²) in [4.78, 5) is 25.2. The lowest BCUT2D eigenvalue weighted by Crippen LogP contribution is -2.33. The van der Waals surface area contributed by atoms with Gasteiger partial charge in [0.25, 0.3) is 11.6 Å². The summed E-state index contributed by atoms with van der Waals surface area (Å²) in [5.41, 5.74) is 1.17. The van der Waals surface area contributed by atoms with Crippen molar-refractivity contribution in [3.63, 3.8) is 0 Å². The molecule has 0 saturated carbocycles. The summed E-state index contributed by atoms with van der Waals surface area (Å²) >= 11 is 0. The molecule has 1 fully saturated rings. The first-order valence-corrected chi connectivity index (χ1v) is 8.30. The Kier molecular flexibility index (Phi) is 5.96. The van der Waals surface area contributed by atoms with Crippen LogP contribution in [-0.2, 0) is 0 Å². The fraction of sp³-hybridized carbons (Fsp3) is 0.588. The molecule has 1 saturated heterocycles. The molecular formula is C17H25N3O3. The molecule has 1 aliphatic heterocycles. The second-order valence-corrected chi connectivity index (χ2v) is 6.44. The molecule has 1 N–H and O–H groups in total. The Morgan fingerprint density at radius 3 is 2.61 bits per heavy atom. The van der Waals surface area contributed by atoms with Crippen LogP contribution in [0.2, 0.25) is 0 Å². The van der Waals surface area contributed by atoms with Crippen molar-refractivity contribution >= 4 is 17.3 Å². The molecule has 23 heavy (non-hydrogen) atoms. The molecule has 2 rings (SSSR count). The molecule has 0 unspecified atom stereocenters. The fourth-order valence-electron chi connectivity index (χ4n) is 2.80. The van der Waals surface area contributed by atoms with E-state index in [0.717, 1.165) is 38.0 Å². The van der Waals surface area contributed by atoms with Gasteiger partial charge in [0, 0.05) is 31.8 Å². The van der Waals surface area contributed by atoms with Gasteiger partial charge in [-0.3, -0.25) is 14.9 Å². The molecule has 1 amide bonds. The number of non-ortho nitro benzene ring substituents is 1. The van der Waals surface area contributed by atoms with E-state index in [1.165, 1.54) is 18.6 Å². The molecule has 1 heterocycles. The quantitative estimate of drug-likeness (QED) is 0.644. The molecular weight excluding hydrogens is 294 g/mol. The summed E-state index contributed by atoms with van der Waals surface area (Å²) in [6.07, 6.45) is 4.26. The van der Waals surface area contributed by atoms with Crippen LogP contribution in [0.5, 0.6) is 0 Å². The average Bonchev–Trinajstić information content (AvgIpc) is 2.54. The molecule has 1 aliphatic rings. The Balaban J connectivity index is 2.23. The molecule has 6 nitrogen and oxygen atoms in total. The van der Waals surface area contributed by atoms with Crippen molar-refractivity contribution in [3.8, 4) is 0 Å². The van der Waals surface area contributed by atoms with Crippen LogP contribution in [0.15, 0.2) is 18.2 Å². The number of nitrogens with zero attached hydrogens (tertiary/aromatic N) is 2. The van der Waals surface area contributed by atoms with E-state index in [1.807, 2.05) is 0 Å². The second-order valence-electron chi connectivity index (χ2n) is 6.44. The maximum Gasteiger partial charge on any atom is 0.270 e. The Bertz CT molecular complexity index is 566. The molecule has 1 aromatic carbocycles. The Morgan fingerprint density at radius 2 is 2.00 bits per heavy atom. The number of nitro groups is 1. The monoisotopic (exact) mass is 319 g/mol. The largest absolute Gasteiger partial charge is 0.371 e. The third-order valence-electron chi connectivity index (χ3n) is 4.14. The number of nitro benzene ring substituents is 1. The summed E-state index contributed by atoms with van der Waals surface area (Å²) in [5, 5.41) is 13.9. The zero-order chi connectivity index (χ0) is 16.8. The first-order chi connectivity index (χ1) is 11.0. The summed E-state index contributed by atoms with van der Waals surface area (Å²) < 4.78 is 0. The maximum atomic E-state index is 12.5. The highest BCUT2D eigenvalue weighted by Crippen LogP contribution is 2.28. The van der Waals surface area contributed by atoms with Crippen LogP contribution in [-0.4, -0.2) is 30.5 Å². The minimum Gasteiger partial charge on any atom is -0.371 e. The molecule has 126 valence electrons. The zero-order valence-electron chi connectivity index (χ0n) is 13.9. The molecule has 1 aromatic rings. The number of carbonyl (C=O) groups is 1. The average molecular weight is 319 g/mol. The highest BCUT2D eigenvalue weighted by Gasteiger charge is 2.21. The van der Waals surface area contributed by atoms with Gasteiger partial charge >= 0.3 is 0 Å². The van der Waals surface area contributed by atoms with E-state index in [2.05, 4.69) is 24.1 Å². The van der Waals surface area contributed by atoms with Gasteiger partial charge in [-0.2, -0.15) is 0 Å². The Hall–Kier alpha value is -2.11. The second kappa shape index (κ2) is 7.94. The maximum absolute atomic E-state index is 12.5. The highest BCUT2D eigenvalue weighted by atomic mass is 16.6. The van der Waals surface area contributed by atoms with Crippen molar-refractivity contribution < 1.29 is 9.72 Å².